The van der Waals surface area contributed by atoms with Gasteiger partial charge in [-0.25, -0.2) is 4.79 Å². The van der Waals surface area contributed by atoms with E-state index in [1.54, 1.807) is 12.1 Å². The number of methoxy groups -OCH3 is 1. The van der Waals surface area contributed by atoms with E-state index in [0.29, 0.717) is 10.7 Å². The molecule has 0 aliphatic heterocycles. The fourth-order valence-corrected chi connectivity index (χ4v) is 2.01. The molecule has 0 aromatic heterocycles. The summed E-state index contributed by atoms with van der Waals surface area (Å²) in [5.74, 6) is -0.351. The van der Waals surface area contributed by atoms with Crippen molar-refractivity contribution < 1.29 is 9.53 Å². The van der Waals surface area contributed by atoms with Crippen LogP contribution in [0.4, 0.5) is 5.69 Å². The van der Waals surface area contributed by atoms with E-state index >= 15 is 0 Å². The van der Waals surface area contributed by atoms with Crippen molar-refractivity contribution in [3.05, 3.63) is 29.3 Å². The lowest BCUT2D eigenvalue weighted by Crippen LogP contribution is -2.43. The van der Waals surface area contributed by atoms with Gasteiger partial charge >= 0.3 is 5.97 Å². The van der Waals surface area contributed by atoms with Gasteiger partial charge in [-0.2, -0.15) is 0 Å². The van der Waals surface area contributed by atoms with Crippen molar-refractivity contribution in [3.63, 3.8) is 0 Å². The molecule has 0 aliphatic carbocycles. The first-order chi connectivity index (χ1) is 8.74. The van der Waals surface area contributed by atoms with Gasteiger partial charge in [0.05, 0.1) is 12.7 Å². The SMILES string of the molecule is COC(=O)c1cccc(NC(=S)NC(C)(C)C)c1C. The normalized spacial score (nSPS) is 10.8. The highest BCUT2D eigenvalue weighted by molar-refractivity contribution is 7.80. The average molecular weight is 280 g/mol. The van der Waals surface area contributed by atoms with Gasteiger partial charge in [-0.1, -0.05) is 6.07 Å². The second kappa shape index (κ2) is 6.02. The number of hydrogen-bond acceptors (Lipinski definition) is 3. The number of anilines is 1. The van der Waals surface area contributed by atoms with Crippen LogP contribution in [0.1, 0.15) is 36.7 Å². The van der Waals surface area contributed by atoms with Crippen molar-refractivity contribution in [2.45, 2.75) is 33.2 Å². The van der Waals surface area contributed by atoms with Crippen LogP contribution in [0.3, 0.4) is 0 Å². The van der Waals surface area contributed by atoms with Gasteiger partial charge in [0.25, 0.3) is 0 Å². The summed E-state index contributed by atoms with van der Waals surface area (Å²) >= 11 is 5.24. The molecule has 0 saturated heterocycles. The summed E-state index contributed by atoms with van der Waals surface area (Å²) in [5.41, 5.74) is 2.03. The Morgan fingerprint density at radius 1 is 1.32 bits per heavy atom. The van der Waals surface area contributed by atoms with Crippen molar-refractivity contribution in [1.82, 2.24) is 5.32 Å². The second-order valence-electron chi connectivity index (χ2n) is 5.30. The van der Waals surface area contributed by atoms with Gasteiger partial charge in [0.2, 0.25) is 0 Å². The minimum atomic E-state index is -0.351. The van der Waals surface area contributed by atoms with E-state index in [1.807, 2.05) is 33.8 Å². The Morgan fingerprint density at radius 3 is 2.47 bits per heavy atom. The molecule has 1 aromatic carbocycles. The highest BCUT2D eigenvalue weighted by atomic mass is 32.1. The number of nitrogens with one attached hydrogen (secondary N) is 2. The Balaban J connectivity index is 2.91. The zero-order valence-corrected chi connectivity index (χ0v) is 12.8. The second-order valence-corrected chi connectivity index (χ2v) is 5.71. The van der Waals surface area contributed by atoms with E-state index in [9.17, 15) is 4.79 Å². The Kier molecular flexibility index (Phi) is 4.89. The van der Waals surface area contributed by atoms with Gasteiger partial charge in [0, 0.05) is 11.2 Å². The lowest BCUT2D eigenvalue weighted by atomic mass is 10.1. The molecule has 0 fully saturated rings. The van der Waals surface area contributed by atoms with E-state index in [4.69, 9.17) is 17.0 Å². The standard InChI is InChI=1S/C14H20N2O2S/c1-9-10(12(17)18-5)7-6-8-11(9)15-13(19)16-14(2,3)4/h6-8H,1-5H3,(H2,15,16,19). The van der Waals surface area contributed by atoms with Crippen LogP contribution in [0.15, 0.2) is 18.2 Å². The maximum atomic E-state index is 11.6. The van der Waals surface area contributed by atoms with E-state index < -0.39 is 0 Å². The van der Waals surface area contributed by atoms with Crippen LogP contribution >= 0.6 is 12.2 Å². The molecule has 5 heteroatoms. The van der Waals surface area contributed by atoms with Gasteiger partial charge in [-0.15, -0.1) is 0 Å². The molecule has 0 atom stereocenters. The molecular formula is C14H20N2O2S. The number of benzene rings is 1. The van der Waals surface area contributed by atoms with Crippen LogP contribution in [0.2, 0.25) is 0 Å². The molecule has 0 aliphatic rings. The number of carbonyl (C=O) groups is 1. The fraction of sp³-hybridized carbons (Fsp3) is 0.429. The summed E-state index contributed by atoms with van der Waals surface area (Å²) in [6.07, 6.45) is 0. The van der Waals surface area contributed by atoms with Gasteiger partial charge in [-0.05, 0) is 57.6 Å². The van der Waals surface area contributed by atoms with Gasteiger partial charge in [0.15, 0.2) is 5.11 Å². The molecule has 104 valence electrons. The highest BCUT2D eigenvalue weighted by Crippen LogP contribution is 2.19. The van der Waals surface area contributed by atoms with Crippen LogP contribution in [0, 0.1) is 6.92 Å². The Hall–Kier alpha value is -1.62. The third-order valence-electron chi connectivity index (χ3n) is 2.48. The number of carbonyl (C=O) groups excluding carboxylic acids is 1. The molecule has 0 saturated carbocycles. The first kappa shape index (κ1) is 15.4. The first-order valence-electron chi connectivity index (χ1n) is 6.01. The summed E-state index contributed by atoms with van der Waals surface area (Å²) in [6.45, 7) is 7.93. The molecule has 1 aromatic rings. The summed E-state index contributed by atoms with van der Waals surface area (Å²) in [5, 5.41) is 6.79. The number of hydrogen-bond donors (Lipinski definition) is 2. The minimum Gasteiger partial charge on any atom is -0.465 e. The van der Waals surface area contributed by atoms with E-state index in [0.717, 1.165) is 11.3 Å². The van der Waals surface area contributed by atoms with Crippen LogP contribution in [-0.2, 0) is 4.74 Å². The van der Waals surface area contributed by atoms with Crippen molar-refractivity contribution in [2.75, 3.05) is 12.4 Å². The Morgan fingerprint density at radius 2 is 1.95 bits per heavy atom. The molecule has 0 spiro atoms. The molecule has 0 heterocycles. The largest absolute Gasteiger partial charge is 0.465 e. The molecule has 1 rings (SSSR count). The molecule has 0 amide bonds. The van der Waals surface area contributed by atoms with Crippen molar-refractivity contribution in [3.8, 4) is 0 Å². The predicted octanol–water partition coefficient (Wildman–Crippen LogP) is 2.87. The highest BCUT2D eigenvalue weighted by Gasteiger charge is 2.14. The zero-order chi connectivity index (χ0) is 14.6. The number of ether oxygens (including phenoxy) is 1. The van der Waals surface area contributed by atoms with Gasteiger partial charge in [-0.3, -0.25) is 0 Å². The van der Waals surface area contributed by atoms with E-state index in [2.05, 4.69) is 10.6 Å². The van der Waals surface area contributed by atoms with Crippen molar-refractivity contribution in [1.29, 1.82) is 0 Å². The smallest absolute Gasteiger partial charge is 0.338 e. The lowest BCUT2D eigenvalue weighted by molar-refractivity contribution is 0.0600. The van der Waals surface area contributed by atoms with Gasteiger partial charge in [0.1, 0.15) is 0 Å². The minimum absolute atomic E-state index is 0.113. The summed E-state index contributed by atoms with van der Waals surface area (Å²) in [6, 6.07) is 5.40. The molecule has 19 heavy (non-hydrogen) atoms. The quantitative estimate of drug-likeness (QED) is 0.644. The van der Waals surface area contributed by atoms with Gasteiger partial charge < -0.3 is 15.4 Å². The molecule has 4 nitrogen and oxygen atoms in total. The van der Waals surface area contributed by atoms with E-state index in [1.165, 1.54) is 7.11 Å². The number of esters is 1. The molecule has 0 bridgehead atoms. The summed E-state index contributed by atoms with van der Waals surface area (Å²) in [7, 11) is 1.37. The van der Waals surface area contributed by atoms with Crippen LogP contribution in [0.5, 0.6) is 0 Å². The Bertz CT molecular complexity index is 493. The lowest BCUT2D eigenvalue weighted by Gasteiger charge is -2.23. The topological polar surface area (TPSA) is 50.4 Å². The summed E-state index contributed by atoms with van der Waals surface area (Å²) < 4.78 is 4.74. The van der Waals surface area contributed by atoms with Crippen molar-refractivity contribution >= 4 is 29.0 Å². The zero-order valence-electron chi connectivity index (χ0n) is 12.0. The van der Waals surface area contributed by atoms with Crippen LogP contribution in [-0.4, -0.2) is 23.7 Å². The van der Waals surface area contributed by atoms with Crippen LogP contribution in [0.25, 0.3) is 0 Å². The average Bonchev–Trinajstić information content (AvgIpc) is 2.28. The maximum Gasteiger partial charge on any atom is 0.338 e. The summed E-state index contributed by atoms with van der Waals surface area (Å²) in [4.78, 5) is 11.6. The Labute approximate surface area is 119 Å². The first-order valence-corrected chi connectivity index (χ1v) is 6.42. The third-order valence-corrected chi connectivity index (χ3v) is 2.68. The molecular weight excluding hydrogens is 260 g/mol. The van der Waals surface area contributed by atoms with E-state index in [-0.39, 0.29) is 11.5 Å². The fourth-order valence-electron chi connectivity index (χ4n) is 1.60. The monoisotopic (exact) mass is 280 g/mol. The number of rotatable bonds is 2. The van der Waals surface area contributed by atoms with Crippen molar-refractivity contribution in [2.24, 2.45) is 0 Å². The van der Waals surface area contributed by atoms with Crippen LogP contribution < -0.4 is 10.6 Å². The third kappa shape index (κ3) is 4.52. The molecule has 2 N–H and O–H groups in total. The predicted molar refractivity (Wildman–Crippen MR) is 81.6 cm³/mol. The molecule has 0 unspecified atom stereocenters. The number of thiocarbonyl (C=S) groups is 1. The molecule has 0 radical (unpaired) electrons. The maximum absolute atomic E-state index is 11.6.